The van der Waals surface area contributed by atoms with Crippen molar-refractivity contribution in [1.82, 2.24) is 4.98 Å². The number of methoxy groups -OCH3 is 1. The van der Waals surface area contributed by atoms with Crippen molar-refractivity contribution < 1.29 is 14.3 Å². The van der Waals surface area contributed by atoms with Gasteiger partial charge in [-0.2, -0.15) is 4.98 Å². The van der Waals surface area contributed by atoms with Gasteiger partial charge in [-0.05, 0) is 0 Å². The molecule has 0 unspecified atom stereocenters. The van der Waals surface area contributed by atoms with Crippen molar-refractivity contribution in [1.29, 1.82) is 0 Å². The molecule has 0 radical (unpaired) electrons. The molecule has 0 spiro atoms. The molecule has 0 aromatic carbocycles. The second kappa shape index (κ2) is 6.76. The number of aromatic nitrogens is 1. The van der Waals surface area contributed by atoms with E-state index in [4.69, 9.17) is 21.1 Å². The summed E-state index contributed by atoms with van der Waals surface area (Å²) in [4.78, 5) is 18.0. The molecule has 2 rings (SSSR count). The minimum absolute atomic E-state index is 0.133. The molecule has 1 aromatic heterocycles. The zero-order chi connectivity index (χ0) is 14.5. The lowest BCUT2D eigenvalue weighted by Gasteiger charge is -2.28. The predicted molar refractivity (Wildman–Crippen MR) is 77.8 cm³/mol. The van der Waals surface area contributed by atoms with Gasteiger partial charge < -0.3 is 19.7 Å². The number of nitrogens with one attached hydrogen (secondary N) is 1. The summed E-state index contributed by atoms with van der Waals surface area (Å²) >= 11 is 6.24. The van der Waals surface area contributed by atoms with Gasteiger partial charge in [-0.3, -0.25) is 4.79 Å². The largest absolute Gasteiger partial charge is 0.479 e. The number of amides is 1. The van der Waals surface area contributed by atoms with E-state index < -0.39 is 0 Å². The predicted octanol–water partition coefficient (Wildman–Crippen LogP) is 1.93. The number of anilines is 2. The third-order valence-electron chi connectivity index (χ3n) is 3.04. The summed E-state index contributed by atoms with van der Waals surface area (Å²) in [5, 5.41) is 3.12. The minimum atomic E-state index is -0.133. The first-order valence-electron chi connectivity index (χ1n) is 6.52. The Kier molecular flexibility index (Phi) is 5.03. The molecule has 0 saturated carbocycles. The number of hydrogen-bond donors (Lipinski definition) is 1. The average molecular weight is 300 g/mol. The van der Waals surface area contributed by atoms with Crippen molar-refractivity contribution in [2.24, 2.45) is 0 Å². The van der Waals surface area contributed by atoms with Gasteiger partial charge in [0.25, 0.3) is 0 Å². The molecule has 1 aliphatic rings. The van der Waals surface area contributed by atoms with Crippen LogP contribution in [0.25, 0.3) is 0 Å². The van der Waals surface area contributed by atoms with Gasteiger partial charge in [0.15, 0.2) is 0 Å². The van der Waals surface area contributed by atoms with E-state index in [-0.39, 0.29) is 5.91 Å². The molecular weight excluding hydrogens is 282 g/mol. The maximum atomic E-state index is 11.5. The van der Waals surface area contributed by atoms with Crippen molar-refractivity contribution in [2.45, 2.75) is 13.3 Å². The standard InChI is InChI=1S/C13H18ClN3O3/c1-3-11(18)16-12-9(14)8-10(15-13(12)19-2)17-4-6-20-7-5-17/h8H,3-7H2,1-2H3,(H,16,18). The van der Waals surface area contributed by atoms with Crippen LogP contribution >= 0.6 is 11.6 Å². The van der Waals surface area contributed by atoms with Gasteiger partial charge in [-0.25, -0.2) is 0 Å². The Bertz CT molecular complexity index is 490. The van der Waals surface area contributed by atoms with Gasteiger partial charge >= 0.3 is 0 Å². The van der Waals surface area contributed by atoms with Crippen LogP contribution in [0.4, 0.5) is 11.5 Å². The molecule has 110 valence electrons. The highest BCUT2D eigenvalue weighted by Gasteiger charge is 2.19. The van der Waals surface area contributed by atoms with E-state index >= 15 is 0 Å². The fourth-order valence-electron chi connectivity index (χ4n) is 1.92. The zero-order valence-electron chi connectivity index (χ0n) is 11.6. The van der Waals surface area contributed by atoms with Crippen LogP contribution in [-0.2, 0) is 9.53 Å². The Morgan fingerprint density at radius 3 is 2.85 bits per heavy atom. The molecule has 20 heavy (non-hydrogen) atoms. The number of rotatable bonds is 4. The molecule has 2 heterocycles. The quantitative estimate of drug-likeness (QED) is 0.920. The molecule has 0 bridgehead atoms. The maximum Gasteiger partial charge on any atom is 0.241 e. The van der Waals surface area contributed by atoms with E-state index in [1.54, 1.807) is 13.0 Å². The molecule has 1 amide bonds. The molecule has 6 nitrogen and oxygen atoms in total. The summed E-state index contributed by atoms with van der Waals surface area (Å²) in [7, 11) is 1.50. The monoisotopic (exact) mass is 299 g/mol. The summed E-state index contributed by atoms with van der Waals surface area (Å²) < 4.78 is 10.5. The fourth-order valence-corrected chi connectivity index (χ4v) is 2.15. The third-order valence-corrected chi connectivity index (χ3v) is 3.34. The van der Waals surface area contributed by atoms with Gasteiger partial charge in [0.1, 0.15) is 11.5 Å². The van der Waals surface area contributed by atoms with Gasteiger partial charge in [0.05, 0.1) is 25.3 Å². The van der Waals surface area contributed by atoms with Gasteiger partial charge in [-0.15, -0.1) is 0 Å². The smallest absolute Gasteiger partial charge is 0.241 e. The molecular formula is C13H18ClN3O3. The van der Waals surface area contributed by atoms with E-state index in [1.807, 2.05) is 0 Å². The zero-order valence-corrected chi connectivity index (χ0v) is 12.4. The SMILES string of the molecule is CCC(=O)Nc1c(Cl)cc(N2CCOCC2)nc1OC. The normalized spacial score (nSPS) is 15.1. The summed E-state index contributed by atoms with van der Waals surface area (Å²) in [6, 6.07) is 1.74. The first kappa shape index (κ1) is 14.9. The molecule has 1 aliphatic heterocycles. The lowest BCUT2D eigenvalue weighted by molar-refractivity contribution is -0.115. The number of carbonyl (C=O) groups is 1. The first-order chi connectivity index (χ1) is 9.65. The lowest BCUT2D eigenvalue weighted by Crippen LogP contribution is -2.36. The highest BCUT2D eigenvalue weighted by Crippen LogP contribution is 2.34. The van der Waals surface area contributed by atoms with E-state index in [0.29, 0.717) is 36.2 Å². The lowest BCUT2D eigenvalue weighted by atomic mass is 10.3. The van der Waals surface area contributed by atoms with Crippen molar-refractivity contribution in [3.8, 4) is 5.88 Å². The van der Waals surface area contributed by atoms with Crippen molar-refractivity contribution in [2.75, 3.05) is 43.6 Å². The highest BCUT2D eigenvalue weighted by molar-refractivity contribution is 6.34. The van der Waals surface area contributed by atoms with E-state index in [1.165, 1.54) is 7.11 Å². The number of halogens is 1. The van der Waals surface area contributed by atoms with Crippen molar-refractivity contribution in [3.63, 3.8) is 0 Å². The topological polar surface area (TPSA) is 63.7 Å². The van der Waals surface area contributed by atoms with Gasteiger partial charge in [0.2, 0.25) is 11.8 Å². The van der Waals surface area contributed by atoms with Crippen molar-refractivity contribution >= 4 is 29.0 Å². The Morgan fingerprint density at radius 1 is 1.55 bits per heavy atom. The summed E-state index contributed by atoms with van der Waals surface area (Å²) in [5.74, 6) is 0.913. The van der Waals surface area contributed by atoms with Gasteiger partial charge in [-0.1, -0.05) is 18.5 Å². The number of ether oxygens (including phenoxy) is 2. The summed E-state index contributed by atoms with van der Waals surface area (Å²) in [6.07, 6.45) is 0.366. The van der Waals surface area contributed by atoms with Crippen LogP contribution in [0, 0.1) is 0 Å². The van der Waals surface area contributed by atoms with Crippen LogP contribution in [0.3, 0.4) is 0 Å². The Morgan fingerprint density at radius 2 is 2.25 bits per heavy atom. The Hall–Kier alpha value is -1.53. The van der Waals surface area contributed by atoms with Gasteiger partial charge in [0, 0.05) is 25.6 Å². The number of carbonyl (C=O) groups excluding carboxylic acids is 1. The number of pyridine rings is 1. The summed E-state index contributed by atoms with van der Waals surface area (Å²) in [5.41, 5.74) is 0.415. The second-order valence-electron chi connectivity index (χ2n) is 4.35. The molecule has 0 atom stereocenters. The molecule has 1 saturated heterocycles. The number of morpholine rings is 1. The first-order valence-corrected chi connectivity index (χ1v) is 6.90. The molecule has 1 aromatic rings. The third kappa shape index (κ3) is 3.32. The number of nitrogens with zero attached hydrogens (tertiary/aromatic N) is 2. The van der Waals surface area contributed by atoms with Crippen molar-refractivity contribution in [3.05, 3.63) is 11.1 Å². The van der Waals surface area contributed by atoms with Crippen LogP contribution in [0.2, 0.25) is 5.02 Å². The van der Waals surface area contributed by atoms with Crippen LogP contribution in [-0.4, -0.2) is 44.3 Å². The second-order valence-corrected chi connectivity index (χ2v) is 4.75. The molecule has 7 heteroatoms. The van der Waals surface area contributed by atoms with E-state index in [0.717, 1.165) is 18.9 Å². The maximum absolute atomic E-state index is 11.5. The molecule has 1 N–H and O–H groups in total. The van der Waals surface area contributed by atoms with Crippen LogP contribution < -0.4 is 15.0 Å². The van der Waals surface area contributed by atoms with Crippen LogP contribution in [0.5, 0.6) is 5.88 Å². The Balaban J connectivity index is 2.29. The van der Waals surface area contributed by atoms with E-state index in [9.17, 15) is 4.79 Å². The van der Waals surface area contributed by atoms with Crippen LogP contribution in [0.15, 0.2) is 6.07 Å². The molecule has 0 aliphatic carbocycles. The van der Waals surface area contributed by atoms with E-state index in [2.05, 4.69) is 15.2 Å². The minimum Gasteiger partial charge on any atom is -0.479 e. The number of hydrogen-bond acceptors (Lipinski definition) is 5. The summed E-state index contributed by atoms with van der Waals surface area (Å²) in [6.45, 7) is 4.61. The Labute approximate surface area is 123 Å². The molecule has 1 fully saturated rings. The fraction of sp³-hybridized carbons (Fsp3) is 0.538. The average Bonchev–Trinajstić information content (AvgIpc) is 2.49. The highest BCUT2D eigenvalue weighted by atomic mass is 35.5. The van der Waals surface area contributed by atoms with Crippen LogP contribution in [0.1, 0.15) is 13.3 Å².